The summed E-state index contributed by atoms with van der Waals surface area (Å²) in [6.07, 6.45) is -24.8. The Balaban J connectivity index is 0.000000279. The lowest BCUT2D eigenvalue weighted by Gasteiger charge is -2.26. The molecule has 15 nitrogen and oxygen atoms in total. The Hall–Kier alpha value is -6.24. The summed E-state index contributed by atoms with van der Waals surface area (Å²) in [7, 11) is 0. The molecule has 0 aromatic heterocycles. The van der Waals surface area contributed by atoms with Crippen molar-refractivity contribution in [1.29, 1.82) is 0 Å². The molecule has 87 heavy (non-hydrogen) atoms. The molecule has 0 heterocycles. The maximum absolute atomic E-state index is 13.0. The van der Waals surface area contributed by atoms with E-state index in [4.69, 9.17) is 0 Å². The van der Waals surface area contributed by atoms with Gasteiger partial charge in [0.2, 0.25) is 17.7 Å². The van der Waals surface area contributed by atoms with E-state index in [1.54, 1.807) is 0 Å². The maximum Gasteiger partial charge on any atom is 0.396 e. The van der Waals surface area contributed by atoms with Crippen molar-refractivity contribution in [2.45, 2.75) is 152 Å². The van der Waals surface area contributed by atoms with Crippen molar-refractivity contribution in [2.24, 2.45) is 16.2 Å². The van der Waals surface area contributed by atoms with Crippen LogP contribution in [0.1, 0.15) is 92.6 Å². The predicted octanol–water partition coefficient (Wildman–Crippen LogP) is 11.3. The van der Waals surface area contributed by atoms with Crippen LogP contribution in [-0.4, -0.2) is 129 Å². The minimum absolute atomic E-state index is 0.0450. The van der Waals surface area contributed by atoms with Crippen molar-refractivity contribution in [2.75, 3.05) is 19.8 Å². The molecule has 3 aromatic rings. The number of hydrogen-bond donors (Lipinski definition) is 6. The molecule has 3 aliphatic carbocycles. The number of hydrogen-bond acceptors (Lipinski definition) is 12. The monoisotopic (exact) mass is 1300 g/mol. The number of aliphatic hydroxyl groups is 3. The quantitative estimate of drug-likeness (QED) is 0.0345. The van der Waals surface area contributed by atoms with Crippen molar-refractivity contribution >= 4 is 17.7 Å². The van der Waals surface area contributed by atoms with Crippen LogP contribution < -0.4 is 30.2 Å². The van der Waals surface area contributed by atoms with Gasteiger partial charge in [0.15, 0.2) is 0 Å². The molecule has 3 aromatic carbocycles. The Labute approximate surface area is 478 Å². The summed E-state index contributed by atoms with van der Waals surface area (Å²) < 4.78 is 290. The number of aliphatic hydroxyl groups excluding tert-OH is 3. The van der Waals surface area contributed by atoms with Gasteiger partial charge >= 0.3 is 58.2 Å². The summed E-state index contributed by atoms with van der Waals surface area (Å²) in [5.41, 5.74) is -6.94. The topological polar surface area (TPSA) is 203 Å². The van der Waals surface area contributed by atoms with E-state index < -0.39 is 168 Å². The number of rotatable bonds is 30. The Morgan fingerprint density at radius 3 is 0.782 bits per heavy atom. The summed E-state index contributed by atoms with van der Waals surface area (Å²) in [6.45, 7) is -21.4. The van der Waals surface area contributed by atoms with Gasteiger partial charge in [0.05, 0.1) is 91.8 Å². The molecule has 3 fully saturated rings. The van der Waals surface area contributed by atoms with E-state index in [0.717, 1.165) is 36.4 Å². The highest BCUT2D eigenvalue weighted by atomic mass is 19.4. The van der Waals surface area contributed by atoms with E-state index in [1.807, 2.05) is 0 Å². The van der Waals surface area contributed by atoms with Crippen LogP contribution in [-0.2, 0) is 28.6 Å². The molecule has 0 saturated heterocycles. The minimum atomic E-state index is -4.69. The second-order valence-electron chi connectivity index (χ2n) is 19.6. The first-order valence-electron chi connectivity index (χ1n) is 25.3. The molecule has 0 radical (unpaired) electrons. The van der Waals surface area contributed by atoms with Gasteiger partial charge in [0.25, 0.3) is 0 Å². The lowest BCUT2D eigenvalue weighted by atomic mass is 9.95. The largest absolute Gasteiger partial charge is 0.435 e. The Morgan fingerprint density at radius 1 is 0.391 bits per heavy atom. The van der Waals surface area contributed by atoms with Crippen LogP contribution in [0.4, 0.5) is 92.2 Å². The summed E-state index contributed by atoms with van der Waals surface area (Å²) in [5.74, 6) is -4.09. The molecule has 492 valence electrons. The van der Waals surface area contributed by atoms with Crippen molar-refractivity contribution in [3.8, 4) is 17.2 Å². The third-order valence-corrected chi connectivity index (χ3v) is 13.7. The van der Waals surface area contributed by atoms with Crippen LogP contribution in [0, 0.1) is 16.2 Å². The Morgan fingerprint density at radius 2 is 0.609 bits per heavy atom. The highest BCUT2D eigenvalue weighted by molar-refractivity contribution is 5.78. The number of carbonyl (C=O) groups is 3. The standard InChI is InChI=1S/3C17H18F7NO4/c3*18-14(19)28-8-11(9-2-1-3-10(6-9)29-15(20)21)25-13(27)7-12(26)16(4-5-16)17(22,23)24/h3*1-3,6,11-12,14-15,26H,4-5,7-8H2,(H,25,27)/t11-,12?;11-,12+;11-,12-/m000/s1. The summed E-state index contributed by atoms with van der Waals surface area (Å²) in [6, 6.07) is 10.4. The van der Waals surface area contributed by atoms with Crippen LogP contribution in [0.5, 0.6) is 17.2 Å². The number of ether oxygens (including phenoxy) is 6. The van der Waals surface area contributed by atoms with E-state index in [2.05, 4.69) is 44.4 Å². The zero-order valence-corrected chi connectivity index (χ0v) is 44.3. The van der Waals surface area contributed by atoms with Crippen molar-refractivity contribution in [3.05, 3.63) is 89.5 Å². The first-order valence-corrected chi connectivity index (χ1v) is 25.3. The van der Waals surface area contributed by atoms with Crippen LogP contribution in [0.25, 0.3) is 0 Å². The Kier molecular flexibility index (Phi) is 26.3. The molecule has 3 amide bonds. The molecule has 6 N–H and O–H groups in total. The van der Waals surface area contributed by atoms with Gasteiger partial charge in [-0.3, -0.25) is 14.4 Å². The highest BCUT2D eigenvalue weighted by Crippen LogP contribution is 2.62. The first-order chi connectivity index (χ1) is 40.3. The molecular weight excluding hydrogens is 1250 g/mol. The summed E-state index contributed by atoms with van der Waals surface area (Å²) >= 11 is 0. The molecule has 3 saturated carbocycles. The third-order valence-electron chi connectivity index (χ3n) is 13.7. The van der Waals surface area contributed by atoms with Gasteiger partial charge in [-0.15, -0.1) is 0 Å². The lowest BCUT2D eigenvalue weighted by molar-refractivity contribution is -0.215. The fourth-order valence-electron chi connectivity index (χ4n) is 8.59. The molecular formula is C51H54F21N3O12. The number of carbonyl (C=O) groups excluding carboxylic acids is 3. The number of alkyl halides is 21. The van der Waals surface area contributed by atoms with Gasteiger partial charge in [0.1, 0.15) is 17.2 Å². The zero-order valence-electron chi connectivity index (χ0n) is 44.3. The van der Waals surface area contributed by atoms with Gasteiger partial charge in [-0.2, -0.15) is 92.2 Å². The molecule has 3 aliphatic rings. The fraction of sp³-hybridized carbons (Fsp3) is 0.588. The molecule has 6 atom stereocenters. The highest BCUT2D eigenvalue weighted by Gasteiger charge is 2.69. The molecule has 6 rings (SSSR count). The third kappa shape index (κ3) is 22.4. The van der Waals surface area contributed by atoms with Gasteiger partial charge in [-0.1, -0.05) is 36.4 Å². The minimum Gasteiger partial charge on any atom is -0.435 e. The van der Waals surface area contributed by atoms with Gasteiger partial charge < -0.3 is 59.7 Å². The summed E-state index contributed by atoms with van der Waals surface area (Å²) in [5, 5.41) is 36.1. The SMILES string of the molecule is O=C(CC(O)C1(C(F)(F)F)CC1)N[C@@H](COC(F)F)c1cccc(OC(F)F)c1.O=C(C[C@@H](O)C1(C(F)(F)F)CC1)N[C@@H](COC(F)F)c1cccc(OC(F)F)c1.O=C(C[C@H](O)C1(C(F)(F)F)CC1)N[C@@H](COC(F)F)c1cccc(OC(F)F)c1. The molecule has 0 bridgehead atoms. The van der Waals surface area contributed by atoms with E-state index in [-0.39, 0.29) is 72.5 Å². The number of nitrogens with one attached hydrogen (secondary N) is 3. The second-order valence-corrected chi connectivity index (χ2v) is 19.6. The van der Waals surface area contributed by atoms with Crippen molar-refractivity contribution < 1.29 is 150 Å². The van der Waals surface area contributed by atoms with Crippen LogP contribution >= 0.6 is 0 Å². The van der Waals surface area contributed by atoms with E-state index in [1.165, 1.54) is 36.4 Å². The zero-order chi connectivity index (χ0) is 65.5. The molecule has 0 aliphatic heterocycles. The molecule has 36 heteroatoms. The van der Waals surface area contributed by atoms with Crippen molar-refractivity contribution in [3.63, 3.8) is 0 Å². The average molecular weight is 1300 g/mol. The fourth-order valence-corrected chi connectivity index (χ4v) is 8.59. The number of benzene rings is 3. The molecule has 0 spiro atoms. The van der Waals surface area contributed by atoms with E-state index >= 15 is 0 Å². The maximum atomic E-state index is 13.0. The average Bonchev–Trinajstić information content (AvgIpc) is 1.90. The number of halogens is 21. The normalized spacial score (nSPS) is 17.9. The second kappa shape index (κ2) is 31.3. The first kappa shape index (κ1) is 73.2. The van der Waals surface area contributed by atoms with E-state index in [9.17, 15) is 122 Å². The van der Waals surface area contributed by atoms with Gasteiger partial charge in [0, 0.05) is 0 Å². The summed E-state index contributed by atoms with van der Waals surface area (Å²) in [4.78, 5) is 36.3. The van der Waals surface area contributed by atoms with Gasteiger partial charge in [-0.05, 0) is 91.6 Å². The number of amides is 3. The Bertz CT molecular complexity index is 2360. The van der Waals surface area contributed by atoms with Crippen LogP contribution in [0.3, 0.4) is 0 Å². The van der Waals surface area contributed by atoms with Gasteiger partial charge in [-0.25, -0.2) is 0 Å². The van der Waals surface area contributed by atoms with Crippen LogP contribution in [0.15, 0.2) is 72.8 Å². The van der Waals surface area contributed by atoms with Crippen LogP contribution in [0.2, 0.25) is 0 Å². The lowest BCUT2D eigenvalue weighted by Crippen LogP contribution is -2.41. The molecule has 1 unspecified atom stereocenters. The predicted molar refractivity (Wildman–Crippen MR) is 253 cm³/mol. The van der Waals surface area contributed by atoms with E-state index in [0.29, 0.717) is 0 Å². The van der Waals surface area contributed by atoms with Crippen molar-refractivity contribution in [1.82, 2.24) is 16.0 Å². The smallest absolute Gasteiger partial charge is 0.396 e.